The van der Waals surface area contributed by atoms with Gasteiger partial charge in [-0.05, 0) is 28.8 Å². The number of anilines is 1. The summed E-state index contributed by atoms with van der Waals surface area (Å²) in [6, 6.07) is 0. The molecule has 2 rings (SSSR count). The Bertz CT molecular complexity index is 334. The lowest BCUT2D eigenvalue weighted by molar-refractivity contribution is -0.122. The molecule has 1 aliphatic carbocycles. The van der Waals surface area contributed by atoms with E-state index < -0.39 is 0 Å². The van der Waals surface area contributed by atoms with Crippen LogP contribution in [0.4, 0.5) is 5.95 Å². The smallest absolute Gasteiger partial charge is 0.229 e. The minimum absolute atomic E-state index is 0.0403. The molecule has 0 aromatic carbocycles. The van der Waals surface area contributed by atoms with Crippen LogP contribution >= 0.6 is 15.9 Å². The zero-order valence-electron chi connectivity index (χ0n) is 7.53. The zero-order chi connectivity index (χ0) is 9.97. The monoisotopic (exact) mass is 255 g/mol. The normalized spacial score (nSPS) is 16.1. The topological polar surface area (TPSA) is 54.9 Å². The van der Waals surface area contributed by atoms with Gasteiger partial charge in [0, 0.05) is 18.3 Å². The van der Waals surface area contributed by atoms with Crippen molar-refractivity contribution in [2.75, 3.05) is 5.32 Å². The summed E-state index contributed by atoms with van der Waals surface area (Å²) in [5, 5.41) is 2.69. The Morgan fingerprint density at radius 2 is 2.07 bits per heavy atom. The van der Waals surface area contributed by atoms with Crippen LogP contribution in [-0.2, 0) is 4.79 Å². The van der Waals surface area contributed by atoms with Crippen molar-refractivity contribution in [1.82, 2.24) is 9.97 Å². The van der Waals surface area contributed by atoms with E-state index in [4.69, 9.17) is 0 Å². The van der Waals surface area contributed by atoms with Gasteiger partial charge in [0.2, 0.25) is 11.9 Å². The van der Waals surface area contributed by atoms with Gasteiger partial charge in [-0.3, -0.25) is 10.1 Å². The molecule has 5 heteroatoms. The molecule has 1 fully saturated rings. The second kappa shape index (κ2) is 4.04. The van der Waals surface area contributed by atoms with Crippen LogP contribution in [0.1, 0.15) is 19.3 Å². The summed E-state index contributed by atoms with van der Waals surface area (Å²) in [5.74, 6) is 0.589. The van der Waals surface area contributed by atoms with Crippen molar-refractivity contribution in [3.63, 3.8) is 0 Å². The van der Waals surface area contributed by atoms with Gasteiger partial charge in [-0.15, -0.1) is 0 Å². The maximum atomic E-state index is 11.5. The maximum Gasteiger partial charge on any atom is 0.229 e. The predicted molar refractivity (Wildman–Crippen MR) is 55.7 cm³/mol. The Morgan fingerprint density at radius 3 is 2.57 bits per heavy atom. The van der Waals surface area contributed by atoms with E-state index in [0.29, 0.717) is 5.95 Å². The first-order valence-corrected chi connectivity index (χ1v) is 5.33. The summed E-state index contributed by atoms with van der Waals surface area (Å²) in [6.07, 6.45) is 6.36. The van der Waals surface area contributed by atoms with Crippen molar-refractivity contribution in [2.24, 2.45) is 5.92 Å². The molecule has 0 saturated heterocycles. The highest BCUT2D eigenvalue weighted by molar-refractivity contribution is 9.10. The van der Waals surface area contributed by atoms with Gasteiger partial charge in [-0.1, -0.05) is 6.42 Å². The second-order valence-electron chi connectivity index (χ2n) is 3.34. The molecule has 0 atom stereocenters. The third-order valence-electron chi connectivity index (χ3n) is 2.33. The molecule has 1 heterocycles. The number of nitrogens with zero attached hydrogens (tertiary/aromatic N) is 2. The first-order chi connectivity index (χ1) is 6.75. The van der Waals surface area contributed by atoms with Gasteiger partial charge in [0.1, 0.15) is 0 Å². The number of carbonyl (C=O) groups excluding carboxylic acids is 1. The lowest BCUT2D eigenvalue weighted by Crippen LogP contribution is -2.28. The molecule has 1 aromatic rings. The molecular weight excluding hydrogens is 246 g/mol. The maximum absolute atomic E-state index is 11.5. The number of hydrogen-bond donors (Lipinski definition) is 1. The SMILES string of the molecule is O=C(Nc1ncc(Br)cn1)C1CCC1. The number of hydrogen-bond acceptors (Lipinski definition) is 3. The summed E-state index contributed by atoms with van der Waals surface area (Å²) < 4.78 is 0.805. The summed E-state index contributed by atoms with van der Waals surface area (Å²) in [6.45, 7) is 0. The molecule has 1 saturated carbocycles. The molecule has 0 radical (unpaired) electrons. The van der Waals surface area contributed by atoms with Crippen molar-refractivity contribution < 1.29 is 4.79 Å². The first kappa shape index (κ1) is 9.58. The van der Waals surface area contributed by atoms with Crippen molar-refractivity contribution >= 4 is 27.8 Å². The fraction of sp³-hybridized carbons (Fsp3) is 0.444. The highest BCUT2D eigenvalue weighted by atomic mass is 79.9. The van der Waals surface area contributed by atoms with Crippen molar-refractivity contribution in [3.8, 4) is 0 Å². The summed E-state index contributed by atoms with van der Waals surface area (Å²) in [7, 11) is 0. The van der Waals surface area contributed by atoms with Crippen LogP contribution in [0.25, 0.3) is 0 Å². The molecule has 74 valence electrons. The van der Waals surface area contributed by atoms with Gasteiger partial charge >= 0.3 is 0 Å². The van der Waals surface area contributed by atoms with Crippen LogP contribution in [0.5, 0.6) is 0 Å². The quantitative estimate of drug-likeness (QED) is 0.880. The molecule has 1 N–H and O–H groups in total. The molecule has 0 spiro atoms. The van der Waals surface area contributed by atoms with Crippen molar-refractivity contribution in [2.45, 2.75) is 19.3 Å². The number of amides is 1. The van der Waals surface area contributed by atoms with Crippen LogP contribution in [0, 0.1) is 5.92 Å². The van der Waals surface area contributed by atoms with E-state index in [1.807, 2.05) is 0 Å². The summed E-state index contributed by atoms with van der Waals surface area (Å²) >= 11 is 3.23. The van der Waals surface area contributed by atoms with E-state index in [1.165, 1.54) is 0 Å². The number of carbonyl (C=O) groups is 1. The van der Waals surface area contributed by atoms with E-state index in [9.17, 15) is 4.79 Å². The number of aromatic nitrogens is 2. The minimum Gasteiger partial charge on any atom is -0.294 e. The molecule has 1 aromatic heterocycles. The molecule has 0 aliphatic heterocycles. The van der Waals surface area contributed by atoms with Gasteiger partial charge in [0.25, 0.3) is 0 Å². The van der Waals surface area contributed by atoms with E-state index in [2.05, 4.69) is 31.2 Å². The van der Waals surface area contributed by atoms with Crippen LogP contribution < -0.4 is 5.32 Å². The lowest BCUT2D eigenvalue weighted by Gasteiger charge is -2.23. The van der Waals surface area contributed by atoms with Gasteiger partial charge in [-0.2, -0.15) is 0 Å². The van der Waals surface area contributed by atoms with Crippen LogP contribution in [0.3, 0.4) is 0 Å². The number of halogens is 1. The Hall–Kier alpha value is -0.970. The van der Waals surface area contributed by atoms with Crippen LogP contribution in [-0.4, -0.2) is 15.9 Å². The average molecular weight is 256 g/mol. The van der Waals surface area contributed by atoms with Gasteiger partial charge in [0.05, 0.1) is 4.47 Å². The van der Waals surface area contributed by atoms with E-state index in [0.717, 1.165) is 23.7 Å². The fourth-order valence-corrected chi connectivity index (χ4v) is 1.46. The Balaban J connectivity index is 1.96. The highest BCUT2D eigenvalue weighted by Crippen LogP contribution is 2.27. The summed E-state index contributed by atoms with van der Waals surface area (Å²) in [5.41, 5.74) is 0. The minimum atomic E-state index is 0.0403. The molecule has 1 amide bonds. The lowest BCUT2D eigenvalue weighted by atomic mass is 9.85. The van der Waals surface area contributed by atoms with E-state index in [1.54, 1.807) is 12.4 Å². The number of rotatable bonds is 2. The largest absolute Gasteiger partial charge is 0.294 e. The van der Waals surface area contributed by atoms with Gasteiger partial charge < -0.3 is 0 Å². The fourth-order valence-electron chi connectivity index (χ4n) is 1.26. The molecule has 14 heavy (non-hydrogen) atoms. The van der Waals surface area contributed by atoms with E-state index in [-0.39, 0.29) is 11.8 Å². The highest BCUT2D eigenvalue weighted by Gasteiger charge is 2.25. The Morgan fingerprint density at radius 1 is 1.43 bits per heavy atom. The Labute approximate surface area is 90.3 Å². The molecule has 4 nitrogen and oxygen atoms in total. The van der Waals surface area contributed by atoms with Crippen molar-refractivity contribution in [1.29, 1.82) is 0 Å². The second-order valence-corrected chi connectivity index (χ2v) is 4.26. The number of nitrogens with one attached hydrogen (secondary N) is 1. The molecule has 0 bridgehead atoms. The predicted octanol–water partition coefficient (Wildman–Crippen LogP) is 1.98. The molecular formula is C9H10BrN3O. The van der Waals surface area contributed by atoms with E-state index >= 15 is 0 Å². The third-order valence-corrected chi connectivity index (χ3v) is 2.74. The molecule has 1 aliphatic rings. The molecule has 0 unspecified atom stereocenters. The van der Waals surface area contributed by atoms with Crippen LogP contribution in [0.15, 0.2) is 16.9 Å². The first-order valence-electron chi connectivity index (χ1n) is 4.54. The van der Waals surface area contributed by atoms with Gasteiger partial charge in [0.15, 0.2) is 0 Å². The zero-order valence-corrected chi connectivity index (χ0v) is 9.12. The third kappa shape index (κ3) is 2.09. The average Bonchev–Trinajstić information content (AvgIpc) is 2.06. The Kier molecular flexibility index (Phi) is 2.77. The summed E-state index contributed by atoms with van der Waals surface area (Å²) in [4.78, 5) is 19.4. The van der Waals surface area contributed by atoms with Crippen LogP contribution in [0.2, 0.25) is 0 Å². The van der Waals surface area contributed by atoms with Gasteiger partial charge in [-0.25, -0.2) is 9.97 Å². The van der Waals surface area contributed by atoms with Crippen molar-refractivity contribution in [3.05, 3.63) is 16.9 Å². The standard InChI is InChI=1S/C9H10BrN3O/c10-7-4-11-9(12-5-7)13-8(14)6-2-1-3-6/h4-6H,1-3H2,(H,11,12,13,14).